The Balaban J connectivity index is 0.00000108. The van der Waals surface area contributed by atoms with E-state index in [0.717, 1.165) is 23.8 Å². The maximum Gasteiger partial charge on any atom is 0.175 e. The van der Waals surface area contributed by atoms with Crippen LogP contribution in [0.5, 0.6) is 0 Å². The van der Waals surface area contributed by atoms with Crippen LogP contribution < -0.4 is 0 Å². The molecular formula is C11H12BrClN2OS. The summed E-state index contributed by atoms with van der Waals surface area (Å²) in [5, 5.41) is 12.3. The number of nitrogens with zero attached hydrogens (tertiary/aromatic N) is 2. The molecule has 6 heteroatoms. The highest BCUT2D eigenvalue weighted by atomic mass is 79.9. The third-order valence-corrected chi connectivity index (χ3v) is 4.36. The van der Waals surface area contributed by atoms with E-state index < -0.39 is 5.72 Å². The monoisotopic (exact) mass is 334 g/mol. The van der Waals surface area contributed by atoms with Crippen molar-refractivity contribution in [2.75, 3.05) is 18.8 Å². The molecule has 3 rings (SSSR count). The zero-order valence-corrected chi connectivity index (χ0v) is 12.3. The van der Waals surface area contributed by atoms with Crippen molar-refractivity contribution in [3.8, 4) is 0 Å². The molecule has 3 nitrogen and oxygen atoms in total. The number of hydrogen-bond acceptors (Lipinski definition) is 4. The van der Waals surface area contributed by atoms with Gasteiger partial charge in [0.2, 0.25) is 0 Å². The lowest BCUT2D eigenvalue weighted by atomic mass is 10.0. The predicted molar refractivity (Wildman–Crippen MR) is 77.1 cm³/mol. The minimum Gasteiger partial charge on any atom is -0.366 e. The van der Waals surface area contributed by atoms with Gasteiger partial charge >= 0.3 is 0 Å². The van der Waals surface area contributed by atoms with E-state index in [9.17, 15) is 5.11 Å². The van der Waals surface area contributed by atoms with Crippen LogP contribution in [-0.2, 0) is 5.72 Å². The van der Waals surface area contributed by atoms with Gasteiger partial charge in [-0.2, -0.15) is 0 Å². The Kier molecular flexibility index (Phi) is 3.73. The van der Waals surface area contributed by atoms with Crippen LogP contribution in [0.25, 0.3) is 0 Å². The molecule has 92 valence electrons. The molecule has 1 fully saturated rings. The summed E-state index contributed by atoms with van der Waals surface area (Å²) in [6.07, 6.45) is 0. The molecule has 1 aromatic carbocycles. The molecule has 0 aliphatic carbocycles. The lowest BCUT2D eigenvalue weighted by molar-refractivity contribution is -0.0425. The second-order valence-electron chi connectivity index (χ2n) is 3.93. The van der Waals surface area contributed by atoms with E-state index in [2.05, 4.69) is 4.99 Å². The molecule has 1 aromatic rings. The fourth-order valence-corrected chi connectivity index (χ4v) is 3.45. The molecule has 0 amide bonds. The molecule has 0 aromatic heterocycles. The van der Waals surface area contributed by atoms with E-state index in [1.54, 1.807) is 11.8 Å². The van der Waals surface area contributed by atoms with Crippen LogP contribution in [0.15, 0.2) is 29.3 Å². The van der Waals surface area contributed by atoms with Gasteiger partial charge in [0.1, 0.15) is 0 Å². The summed E-state index contributed by atoms with van der Waals surface area (Å²) in [5.41, 5.74) is -0.0265. The maximum atomic E-state index is 10.7. The summed E-state index contributed by atoms with van der Waals surface area (Å²) < 4.78 is 0. The van der Waals surface area contributed by atoms with Crippen LogP contribution in [-0.4, -0.2) is 34.0 Å². The van der Waals surface area contributed by atoms with Crippen LogP contribution in [0.4, 0.5) is 0 Å². The number of hydrogen-bond donors (Lipinski definition) is 1. The molecule has 0 radical (unpaired) electrons. The van der Waals surface area contributed by atoms with Crippen LogP contribution in [0.3, 0.4) is 0 Å². The van der Waals surface area contributed by atoms with Crippen molar-refractivity contribution >= 4 is 45.5 Å². The number of fused-ring (bicyclic) bond motifs is 1. The smallest absolute Gasteiger partial charge is 0.175 e. The summed E-state index contributed by atoms with van der Waals surface area (Å²) >= 11 is 7.46. The molecule has 1 saturated heterocycles. The number of benzene rings is 1. The largest absolute Gasteiger partial charge is 0.366 e. The van der Waals surface area contributed by atoms with E-state index >= 15 is 0 Å². The number of thioether (sulfide) groups is 1. The Bertz CT molecular complexity index is 453. The first-order valence-electron chi connectivity index (χ1n) is 5.13. The molecule has 0 saturated carbocycles. The Morgan fingerprint density at radius 3 is 2.76 bits per heavy atom. The van der Waals surface area contributed by atoms with Crippen LogP contribution >= 0.6 is 40.3 Å². The minimum atomic E-state index is -0.912. The Morgan fingerprint density at radius 1 is 1.35 bits per heavy atom. The number of amidine groups is 1. The topological polar surface area (TPSA) is 35.8 Å². The van der Waals surface area contributed by atoms with Crippen molar-refractivity contribution in [1.82, 2.24) is 4.90 Å². The van der Waals surface area contributed by atoms with Crippen molar-refractivity contribution in [3.05, 3.63) is 34.9 Å². The highest BCUT2D eigenvalue weighted by Gasteiger charge is 2.46. The van der Waals surface area contributed by atoms with Crippen molar-refractivity contribution in [2.45, 2.75) is 5.72 Å². The van der Waals surface area contributed by atoms with Crippen LogP contribution in [0.2, 0.25) is 5.02 Å². The molecule has 1 unspecified atom stereocenters. The van der Waals surface area contributed by atoms with Gasteiger partial charge in [-0.1, -0.05) is 35.5 Å². The van der Waals surface area contributed by atoms with Crippen LogP contribution in [0, 0.1) is 0 Å². The predicted octanol–water partition coefficient (Wildman–Crippen LogP) is 2.48. The number of aliphatic imine (C=N–C) groups is 1. The Hall–Kier alpha value is -0.230. The highest BCUT2D eigenvalue weighted by Crippen LogP contribution is 2.40. The first-order valence-corrected chi connectivity index (χ1v) is 6.50. The third kappa shape index (κ3) is 2.10. The second kappa shape index (κ2) is 4.80. The average Bonchev–Trinajstić information content (AvgIpc) is 2.85. The standard InChI is InChI=1S/C11H11ClN2OS.BrH/c12-9-3-1-8(2-4-9)11(15)7-16-10-13-5-6-14(10)11;/h1-4,15H,5-7H2;1H. The molecule has 1 atom stereocenters. The molecule has 1 N–H and O–H groups in total. The zero-order valence-electron chi connectivity index (χ0n) is 8.97. The van der Waals surface area contributed by atoms with E-state index in [1.165, 1.54) is 0 Å². The number of halogens is 2. The SMILES string of the molecule is Br.OC1(c2ccc(Cl)cc2)CSC2=NCCN21. The van der Waals surface area contributed by atoms with E-state index in [0.29, 0.717) is 10.8 Å². The first-order chi connectivity index (χ1) is 7.70. The summed E-state index contributed by atoms with van der Waals surface area (Å²) in [6, 6.07) is 7.38. The van der Waals surface area contributed by atoms with Crippen molar-refractivity contribution in [3.63, 3.8) is 0 Å². The highest BCUT2D eigenvalue weighted by molar-refractivity contribution is 8.93. The van der Waals surface area contributed by atoms with Gasteiger partial charge in [-0.05, 0) is 12.1 Å². The molecule has 0 spiro atoms. The maximum absolute atomic E-state index is 10.7. The van der Waals surface area contributed by atoms with Gasteiger partial charge in [0, 0.05) is 17.1 Å². The van der Waals surface area contributed by atoms with Crippen molar-refractivity contribution in [1.29, 1.82) is 0 Å². The summed E-state index contributed by atoms with van der Waals surface area (Å²) in [4.78, 5) is 6.33. The Morgan fingerprint density at radius 2 is 2.06 bits per heavy atom. The number of aliphatic hydroxyl groups is 1. The normalized spacial score (nSPS) is 26.5. The summed E-state index contributed by atoms with van der Waals surface area (Å²) in [5.74, 6) is 0.632. The van der Waals surface area contributed by atoms with E-state index in [1.807, 2.05) is 29.2 Å². The van der Waals surface area contributed by atoms with Gasteiger partial charge < -0.3 is 10.0 Å². The molecule has 2 aliphatic rings. The van der Waals surface area contributed by atoms with Gasteiger partial charge in [-0.25, -0.2) is 0 Å². The third-order valence-electron chi connectivity index (χ3n) is 2.96. The minimum absolute atomic E-state index is 0. The fourth-order valence-electron chi connectivity index (χ4n) is 2.09. The molecule has 0 bridgehead atoms. The Labute approximate surface area is 120 Å². The lowest BCUT2D eigenvalue weighted by Gasteiger charge is -2.31. The summed E-state index contributed by atoms with van der Waals surface area (Å²) in [7, 11) is 0. The van der Waals surface area contributed by atoms with Gasteiger partial charge in [0.05, 0.1) is 12.3 Å². The fraction of sp³-hybridized carbons (Fsp3) is 0.364. The molecule has 2 heterocycles. The molecule has 2 aliphatic heterocycles. The quantitative estimate of drug-likeness (QED) is 0.856. The van der Waals surface area contributed by atoms with Crippen molar-refractivity contribution in [2.24, 2.45) is 4.99 Å². The zero-order chi connectivity index (χ0) is 11.2. The number of rotatable bonds is 1. The second-order valence-corrected chi connectivity index (χ2v) is 5.31. The average molecular weight is 336 g/mol. The van der Waals surface area contributed by atoms with Gasteiger partial charge in [-0.15, -0.1) is 17.0 Å². The lowest BCUT2D eigenvalue weighted by Crippen LogP contribution is -2.43. The summed E-state index contributed by atoms with van der Waals surface area (Å²) in [6.45, 7) is 1.57. The van der Waals surface area contributed by atoms with Crippen molar-refractivity contribution < 1.29 is 5.11 Å². The molecular weight excluding hydrogens is 324 g/mol. The molecule has 17 heavy (non-hydrogen) atoms. The van der Waals surface area contributed by atoms with Gasteiger partial charge in [0.15, 0.2) is 10.9 Å². The van der Waals surface area contributed by atoms with Gasteiger partial charge in [0.25, 0.3) is 0 Å². The van der Waals surface area contributed by atoms with Crippen LogP contribution in [0.1, 0.15) is 5.56 Å². The van der Waals surface area contributed by atoms with E-state index in [-0.39, 0.29) is 17.0 Å². The van der Waals surface area contributed by atoms with Gasteiger partial charge in [-0.3, -0.25) is 4.99 Å². The first kappa shape index (κ1) is 13.2. The van der Waals surface area contributed by atoms with E-state index in [4.69, 9.17) is 11.6 Å².